The van der Waals surface area contributed by atoms with Crippen LogP contribution in [0.3, 0.4) is 0 Å². The van der Waals surface area contributed by atoms with Gasteiger partial charge in [0, 0.05) is 42.8 Å². The van der Waals surface area contributed by atoms with E-state index >= 15 is 0 Å². The summed E-state index contributed by atoms with van der Waals surface area (Å²) >= 11 is 0. The molecule has 3 fully saturated rings. The zero-order chi connectivity index (χ0) is 41.8. The number of nitrogens with one attached hydrogen (secondary N) is 2. The smallest absolute Gasteiger partial charge is 0.386 e. The number of para-hydroxylation sites is 1. The van der Waals surface area contributed by atoms with Crippen LogP contribution in [-0.2, 0) is 34.8 Å². The maximum Gasteiger partial charge on any atom is 0.433 e. The first-order chi connectivity index (χ1) is 28.0. The van der Waals surface area contributed by atoms with Gasteiger partial charge in [0.2, 0.25) is 11.8 Å². The van der Waals surface area contributed by atoms with Crippen LogP contribution in [0.1, 0.15) is 105 Å². The summed E-state index contributed by atoms with van der Waals surface area (Å²) in [4.78, 5) is 57.0. The fourth-order valence-electron chi connectivity index (χ4n) is 9.35. The van der Waals surface area contributed by atoms with Crippen molar-refractivity contribution in [2.75, 3.05) is 25.0 Å². The summed E-state index contributed by atoms with van der Waals surface area (Å²) in [6.07, 6.45) is 4.73. The lowest BCUT2D eigenvalue weighted by Crippen LogP contribution is -2.44. The minimum Gasteiger partial charge on any atom is -0.386 e. The summed E-state index contributed by atoms with van der Waals surface area (Å²) in [5.41, 5.74) is 0.792. The normalized spacial score (nSPS) is 21.3. The molecule has 3 N–H and O–H groups in total. The molecule has 59 heavy (non-hydrogen) atoms. The molecule has 1 saturated carbocycles. The number of carbonyl (C=O) groups excluding carboxylic acids is 3. The molecule has 5 heterocycles. The van der Waals surface area contributed by atoms with E-state index in [4.69, 9.17) is 5.10 Å². The minimum absolute atomic E-state index is 0.186. The SMILES string of the molecule is Cn1c(=O)n(C2CCC(=O)NC2=O)c2cccc(CC3CCN(C[C@H]4CC[C@H](n5cc6cc(NC(=O)c7cccc(C(F)(F)F)n7)c(C(C)(C)O)cc6n5)CC4)CC3)c21. The molecule has 0 bridgehead atoms. The van der Waals surface area contributed by atoms with Crippen LogP contribution in [0, 0.1) is 11.8 Å². The van der Waals surface area contributed by atoms with E-state index in [1.165, 1.54) is 6.07 Å². The van der Waals surface area contributed by atoms with Gasteiger partial charge in [0.15, 0.2) is 0 Å². The fourth-order valence-corrected chi connectivity index (χ4v) is 9.35. The maximum absolute atomic E-state index is 13.4. The van der Waals surface area contributed by atoms with Crippen molar-refractivity contribution in [1.82, 2.24) is 34.1 Å². The lowest BCUT2D eigenvalue weighted by molar-refractivity contribution is -0.141. The highest BCUT2D eigenvalue weighted by molar-refractivity contribution is 6.04. The van der Waals surface area contributed by atoms with Gasteiger partial charge in [-0.2, -0.15) is 18.3 Å². The van der Waals surface area contributed by atoms with Crippen LogP contribution in [0.4, 0.5) is 18.9 Å². The molecule has 3 amide bonds. The van der Waals surface area contributed by atoms with E-state index in [2.05, 4.69) is 26.6 Å². The van der Waals surface area contributed by atoms with Crippen molar-refractivity contribution in [2.45, 2.75) is 95.5 Å². The molecule has 13 nitrogen and oxygen atoms in total. The molecule has 1 atom stereocenters. The predicted molar refractivity (Wildman–Crippen MR) is 215 cm³/mol. The quantitative estimate of drug-likeness (QED) is 0.148. The van der Waals surface area contributed by atoms with Crippen LogP contribution in [0.25, 0.3) is 21.9 Å². The van der Waals surface area contributed by atoms with E-state index in [-0.39, 0.29) is 35.4 Å². The van der Waals surface area contributed by atoms with Crippen molar-refractivity contribution in [1.29, 1.82) is 0 Å². The highest BCUT2D eigenvalue weighted by Crippen LogP contribution is 2.37. The van der Waals surface area contributed by atoms with Gasteiger partial charge in [-0.3, -0.25) is 33.5 Å². The molecule has 0 radical (unpaired) electrons. The molecular weight excluding hydrogens is 766 g/mol. The van der Waals surface area contributed by atoms with Crippen molar-refractivity contribution in [3.63, 3.8) is 0 Å². The molecule has 312 valence electrons. The summed E-state index contributed by atoms with van der Waals surface area (Å²) in [6, 6.07) is 12.0. The van der Waals surface area contributed by atoms with Crippen molar-refractivity contribution < 1.29 is 32.7 Å². The van der Waals surface area contributed by atoms with Crippen LogP contribution >= 0.6 is 0 Å². The highest BCUT2D eigenvalue weighted by Gasteiger charge is 2.35. The number of carbonyl (C=O) groups is 3. The third-order valence-corrected chi connectivity index (χ3v) is 12.5. The van der Waals surface area contributed by atoms with Gasteiger partial charge in [0.25, 0.3) is 5.91 Å². The van der Waals surface area contributed by atoms with Crippen molar-refractivity contribution in [3.8, 4) is 0 Å². The largest absolute Gasteiger partial charge is 0.433 e. The molecule has 2 aromatic carbocycles. The van der Waals surface area contributed by atoms with E-state index in [0.29, 0.717) is 29.3 Å². The molecule has 1 aliphatic carbocycles. The molecular formula is C43H49F3N8O5. The van der Waals surface area contributed by atoms with E-state index in [1.54, 1.807) is 42.2 Å². The number of piperidine rings is 2. The van der Waals surface area contributed by atoms with Crippen LogP contribution in [0.2, 0.25) is 0 Å². The number of hydrogen-bond acceptors (Lipinski definition) is 8. The Bertz CT molecular complexity index is 2480. The second-order valence-corrected chi connectivity index (χ2v) is 17.1. The van der Waals surface area contributed by atoms with E-state index in [0.717, 1.165) is 98.7 Å². The number of aromatic nitrogens is 5. The van der Waals surface area contributed by atoms with Crippen molar-refractivity contribution in [3.05, 3.63) is 87.7 Å². The van der Waals surface area contributed by atoms with Crippen LogP contribution in [0.15, 0.2) is 59.5 Å². The number of likely N-dealkylation sites (tertiary alicyclic amines) is 1. The number of fused-ring (bicyclic) bond motifs is 2. The van der Waals surface area contributed by atoms with Gasteiger partial charge in [0.05, 0.1) is 28.2 Å². The number of aliphatic hydroxyl groups is 1. The Balaban J connectivity index is 0.871. The summed E-state index contributed by atoms with van der Waals surface area (Å²) < 4.78 is 44.9. The lowest BCUT2D eigenvalue weighted by atomic mass is 9.84. The Kier molecular flexibility index (Phi) is 10.7. The first kappa shape index (κ1) is 40.4. The molecule has 3 aromatic heterocycles. The Morgan fingerprint density at radius 2 is 1.68 bits per heavy atom. The predicted octanol–water partition coefficient (Wildman–Crippen LogP) is 6.25. The fraction of sp³-hybridized carbons (Fsp3) is 0.488. The molecule has 8 rings (SSSR count). The summed E-state index contributed by atoms with van der Waals surface area (Å²) in [5.74, 6) is -0.524. The molecule has 2 saturated heterocycles. The zero-order valence-corrected chi connectivity index (χ0v) is 33.4. The number of alkyl halides is 3. The van der Waals surface area contributed by atoms with Crippen molar-refractivity contribution >= 4 is 45.3 Å². The second kappa shape index (κ2) is 15.7. The van der Waals surface area contributed by atoms with Crippen LogP contribution in [0.5, 0.6) is 0 Å². The van der Waals surface area contributed by atoms with Gasteiger partial charge in [-0.25, -0.2) is 9.78 Å². The van der Waals surface area contributed by atoms with Gasteiger partial charge in [-0.1, -0.05) is 18.2 Å². The van der Waals surface area contributed by atoms with E-state index in [1.807, 2.05) is 23.0 Å². The summed E-state index contributed by atoms with van der Waals surface area (Å²) in [5, 5.41) is 21.6. The number of imide groups is 1. The number of hydrogen-bond donors (Lipinski definition) is 3. The summed E-state index contributed by atoms with van der Waals surface area (Å²) in [6.45, 7) is 6.20. The number of rotatable bonds is 9. The zero-order valence-electron chi connectivity index (χ0n) is 33.4. The Hall–Kier alpha value is -5.35. The van der Waals surface area contributed by atoms with Gasteiger partial charge < -0.3 is 15.3 Å². The van der Waals surface area contributed by atoms with Gasteiger partial charge in [0.1, 0.15) is 17.4 Å². The van der Waals surface area contributed by atoms with Crippen LogP contribution < -0.4 is 16.3 Å². The Morgan fingerprint density at radius 3 is 2.37 bits per heavy atom. The lowest BCUT2D eigenvalue weighted by Gasteiger charge is -2.36. The van der Waals surface area contributed by atoms with Gasteiger partial charge in [-0.15, -0.1) is 0 Å². The number of halogens is 3. The Morgan fingerprint density at radius 1 is 0.949 bits per heavy atom. The third kappa shape index (κ3) is 8.29. The van der Waals surface area contributed by atoms with Crippen molar-refractivity contribution in [2.24, 2.45) is 18.9 Å². The number of amides is 3. The topological polar surface area (TPSA) is 156 Å². The maximum atomic E-state index is 13.4. The van der Waals surface area contributed by atoms with E-state index < -0.39 is 35.3 Å². The monoisotopic (exact) mass is 814 g/mol. The average molecular weight is 815 g/mol. The molecule has 3 aliphatic rings. The number of nitrogens with zero attached hydrogens (tertiary/aromatic N) is 6. The molecule has 5 aromatic rings. The minimum atomic E-state index is -4.69. The first-order valence-corrected chi connectivity index (χ1v) is 20.4. The highest BCUT2D eigenvalue weighted by atomic mass is 19.4. The third-order valence-electron chi connectivity index (χ3n) is 12.5. The molecule has 2 aliphatic heterocycles. The van der Waals surface area contributed by atoms with E-state index in [9.17, 15) is 37.5 Å². The molecule has 16 heteroatoms. The molecule has 1 unspecified atom stereocenters. The Labute approximate surface area is 338 Å². The summed E-state index contributed by atoms with van der Waals surface area (Å²) in [7, 11) is 1.75. The van der Waals surface area contributed by atoms with Crippen LogP contribution in [-0.4, -0.2) is 71.3 Å². The second-order valence-electron chi connectivity index (χ2n) is 17.1. The number of aryl methyl sites for hydroxylation is 1. The molecule has 0 spiro atoms. The number of pyridine rings is 1. The number of benzene rings is 2. The average Bonchev–Trinajstić information content (AvgIpc) is 3.72. The van der Waals surface area contributed by atoms with Gasteiger partial charge in [-0.05, 0) is 126 Å². The van der Waals surface area contributed by atoms with Gasteiger partial charge >= 0.3 is 11.9 Å². The number of anilines is 1. The number of imidazole rings is 1. The first-order valence-electron chi connectivity index (χ1n) is 20.4. The standard InChI is InChI=1S/C43H49F3N8O5/c1-42(2,59)30-22-32-28(21-33(30)48-39(56)31-7-5-9-36(47-31)43(44,45)46)24-53(50-32)29-12-10-26(11-13-29)23-52-18-16-25(17-19-52)20-27-6-4-8-34-38(27)51(3)41(58)54(34)35-14-15-37(55)49-40(35)57/h4-9,21-22,24-26,29,35,59H,10-20,23H2,1-3H3,(H,48,56)(H,49,55,57)/t26-,29-,35?.